The van der Waals surface area contributed by atoms with Crippen molar-refractivity contribution in [2.24, 2.45) is 0 Å². The van der Waals surface area contributed by atoms with Gasteiger partial charge in [0, 0.05) is 27.8 Å². The van der Waals surface area contributed by atoms with Gasteiger partial charge in [-0.2, -0.15) is 0 Å². The molecule has 0 aliphatic heterocycles. The Hall–Kier alpha value is -0.970. The number of carbonyl (C=O) groups excluding carboxylic acids is 1. The fourth-order valence-corrected chi connectivity index (χ4v) is 3.34. The van der Waals surface area contributed by atoms with Crippen LogP contribution < -0.4 is 0 Å². The summed E-state index contributed by atoms with van der Waals surface area (Å²) in [4.78, 5) is 13.4. The Morgan fingerprint density at radius 2 is 2.11 bits per heavy atom. The quantitative estimate of drug-likeness (QED) is 0.780. The molecule has 1 atom stereocenters. The molecule has 0 saturated carbocycles. The smallest absolute Gasteiger partial charge is 0.171 e. The highest BCUT2D eigenvalue weighted by atomic mass is 79.9. The first-order valence-corrected chi connectivity index (χ1v) is 7.80. The van der Waals surface area contributed by atoms with E-state index < -0.39 is 6.10 Å². The molecule has 0 fully saturated rings. The zero-order valence-electron chi connectivity index (χ0n) is 10.6. The van der Waals surface area contributed by atoms with E-state index in [1.165, 1.54) is 0 Å². The van der Waals surface area contributed by atoms with Crippen LogP contribution in [0.4, 0.5) is 0 Å². The van der Waals surface area contributed by atoms with Gasteiger partial charge in [-0.1, -0.05) is 30.3 Å². The number of ether oxygens (including phenoxy) is 1. The predicted molar refractivity (Wildman–Crippen MR) is 81.5 cm³/mol. The van der Waals surface area contributed by atoms with Crippen molar-refractivity contribution in [1.82, 2.24) is 0 Å². The second-order valence-electron chi connectivity index (χ2n) is 4.12. The van der Waals surface area contributed by atoms with E-state index in [9.17, 15) is 4.79 Å². The fraction of sp³-hybridized carbons (Fsp3) is 0.267. The summed E-state index contributed by atoms with van der Waals surface area (Å²) in [5.41, 5.74) is 0.921. The maximum atomic E-state index is 12.4. The third-order valence-electron chi connectivity index (χ3n) is 2.70. The first kappa shape index (κ1) is 14.4. The molecule has 2 aromatic rings. The molecule has 0 amide bonds. The molecule has 0 saturated heterocycles. The molecule has 100 valence electrons. The lowest BCUT2D eigenvalue weighted by Crippen LogP contribution is -2.17. The number of halogens is 1. The van der Waals surface area contributed by atoms with Crippen molar-refractivity contribution in [2.45, 2.75) is 19.4 Å². The average Bonchev–Trinajstić information content (AvgIpc) is 2.82. The Bertz CT molecular complexity index is 536. The number of carbonyl (C=O) groups is 1. The van der Waals surface area contributed by atoms with E-state index in [2.05, 4.69) is 15.9 Å². The first-order chi connectivity index (χ1) is 9.20. The molecule has 0 bridgehead atoms. The highest BCUT2D eigenvalue weighted by molar-refractivity contribution is 9.10. The third-order valence-corrected chi connectivity index (χ3v) is 4.40. The molecule has 1 aromatic heterocycles. The molecule has 4 heteroatoms. The Morgan fingerprint density at radius 3 is 2.68 bits per heavy atom. The van der Waals surface area contributed by atoms with Gasteiger partial charge in [-0.25, -0.2) is 0 Å². The summed E-state index contributed by atoms with van der Waals surface area (Å²) < 4.78 is 6.63. The van der Waals surface area contributed by atoms with E-state index in [-0.39, 0.29) is 5.78 Å². The van der Waals surface area contributed by atoms with Crippen molar-refractivity contribution < 1.29 is 9.53 Å². The lowest BCUT2D eigenvalue weighted by atomic mass is 10.0. The van der Waals surface area contributed by atoms with Crippen LogP contribution in [0.1, 0.15) is 23.5 Å². The summed E-state index contributed by atoms with van der Waals surface area (Å²) in [5.74, 6) is 0.0994. The van der Waals surface area contributed by atoms with Gasteiger partial charge in [0.05, 0.1) is 0 Å². The number of ketones is 1. The number of thiophene rings is 1. The van der Waals surface area contributed by atoms with Crippen LogP contribution in [0.25, 0.3) is 0 Å². The van der Waals surface area contributed by atoms with Crippen LogP contribution in [-0.4, -0.2) is 12.4 Å². The van der Waals surface area contributed by atoms with Gasteiger partial charge in [-0.15, -0.1) is 11.3 Å². The van der Waals surface area contributed by atoms with E-state index >= 15 is 0 Å². The van der Waals surface area contributed by atoms with Gasteiger partial charge >= 0.3 is 0 Å². The van der Waals surface area contributed by atoms with Crippen molar-refractivity contribution in [3.8, 4) is 0 Å². The molecule has 1 aromatic carbocycles. The Kier molecular flexibility index (Phi) is 5.31. The number of Topliss-reactive ketones (excluding diaryl/α,β-unsaturated/α-hetero) is 1. The number of hydrogen-bond acceptors (Lipinski definition) is 3. The lowest BCUT2D eigenvalue weighted by molar-refractivity contribution is -0.130. The minimum atomic E-state index is -0.466. The van der Waals surface area contributed by atoms with Gasteiger partial charge in [-0.3, -0.25) is 4.79 Å². The number of benzene rings is 1. The van der Waals surface area contributed by atoms with Gasteiger partial charge in [0.15, 0.2) is 5.78 Å². The molecule has 0 radical (unpaired) electrons. The van der Waals surface area contributed by atoms with Crippen molar-refractivity contribution in [2.75, 3.05) is 6.61 Å². The topological polar surface area (TPSA) is 26.3 Å². The van der Waals surface area contributed by atoms with E-state index in [0.717, 1.165) is 14.9 Å². The molecule has 1 heterocycles. The summed E-state index contributed by atoms with van der Waals surface area (Å²) >= 11 is 4.99. The Morgan fingerprint density at radius 1 is 1.37 bits per heavy atom. The van der Waals surface area contributed by atoms with Gasteiger partial charge < -0.3 is 4.74 Å². The number of hydrogen-bond donors (Lipinski definition) is 0. The SMILES string of the molecule is CCOC(C(=O)Cc1cc(Br)cs1)c1ccccc1. The maximum absolute atomic E-state index is 12.4. The fourth-order valence-electron chi connectivity index (χ4n) is 1.88. The molecule has 0 spiro atoms. The Labute approximate surface area is 125 Å². The first-order valence-electron chi connectivity index (χ1n) is 6.13. The lowest BCUT2D eigenvalue weighted by Gasteiger charge is -2.15. The van der Waals surface area contributed by atoms with Crippen LogP contribution in [0.3, 0.4) is 0 Å². The molecule has 0 aliphatic carbocycles. The molecule has 0 N–H and O–H groups in total. The number of rotatable bonds is 6. The zero-order chi connectivity index (χ0) is 13.7. The summed E-state index contributed by atoms with van der Waals surface area (Å²) in [6.45, 7) is 2.43. The summed E-state index contributed by atoms with van der Waals surface area (Å²) in [7, 11) is 0. The summed E-state index contributed by atoms with van der Waals surface area (Å²) in [6.07, 6.45) is -0.0531. The molecule has 2 rings (SSSR count). The van der Waals surface area contributed by atoms with Crippen LogP contribution in [0.15, 0.2) is 46.3 Å². The standard InChI is InChI=1S/C15H15BrO2S/c1-2-18-15(11-6-4-3-5-7-11)14(17)9-13-8-12(16)10-19-13/h3-8,10,15H,2,9H2,1H3. The van der Waals surface area contributed by atoms with Crippen LogP contribution >= 0.6 is 27.3 Å². The molecular formula is C15H15BrO2S. The molecule has 2 nitrogen and oxygen atoms in total. The average molecular weight is 339 g/mol. The Balaban J connectivity index is 2.13. The van der Waals surface area contributed by atoms with Crippen molar-refractivity contribution in [3.05, 3.63) is 56.7 Å². The van der Waals surface area contributed by atoms with Crippen LogP contribution in [0.5, 0.6) is 0 Å². The normalized spacial score (nSPS) is 12.3. The highest BCUT2D eigenvalue weighted by Gasteiger charge is 2.21. The molecular weight excluding hydrogens is 324 g/mol. The van der Waals surface area contributed by atoms with E-state index in [0.29, 0.717) is 13.0 Å². The van der Waals surface area contributed by atoms with E-state index in [1.54, 1.807) is 11.3 Å². The van der Waals surface area contributed by atoms with Crippen molar-refractivity contribution >= 4 is 33.0 Å². The van der Waals surface area contributed by atoms with Crippen molar-refractivity contribution in [3.63, 3.8) is 0 Å². The van der Waals surface area contributed by atoms with Crippen LogP contribution in [-0.2, 0) is 16.0 Å². The van der Waals surface area contributed by atoms with Gasteiger partial charge in [0.2, 0.25) is 0 Å². The minimum Gasteiger partial charge on any atom is -0.366 e. The summed E-state index contributed by atoms with van der Waals surface area (Å²) in [6, 6.07) is 11.6. The van der Waals surface area contributed by atoms with E-state index in [1.807, 2.05) is 48.7 Å². The monoisotopic (exact) mass is 338 g/mol. The van der Waals surface area contributed by atoms with Crippen molar-refractivity contribution in [1.29, 1.82) is 0 Å². The van der Waals surface area contributed by atoms with Gasteiger partial charge in [0.25, 0.3) is 0 Å². The van der Waals surface area contributed by atoms with Crippen LogP contribution in [0.2, 0.25) is 0 Å². The molecule has 19 heavy (non-hydrogen) atoms. The predicted octanol–water partition coefficient (Wildman–Crippen LogP) is 4.40. The maximum Gasteiger partial charge on any atom is 0.171 e. The zero-order valence-corrected chi connectivity index (χ0v) is 13.0. The second kappa shape index (κ2) is 6.98. The highest BCUT2D eigenvalue weighted by Crippen LogP contribution is 2.24. The largest absolute Gasteiger partial charge is 0.366 e. The van der Waals surface area contributed by atoms with Gasteiger partial charge in [0.1, 0.15) is 6.10 Å². The van der Waals surface area contributed by atoms with E-state index in [4.69, 9.17) is 4.74 Å². The molecule has 0 aliphatic rings. The molecule has 1 unspecified atom stereocenters. The second-order valence-corrected chi connectivity index (χ2v) is 6.03. The summed E-state index contributed by atoms with van der Waals surface area (Å²) in [5, 5.41) is 1.99. The van der Waals surface area contributed by atoms with Gasteiger partial charge in [-0.05, 0) is 34.5 Å². The minimum absolute atomic E-state index is 0.0994. The third kappa shape index (κ3) is 4.00. The van der Waals surface area contributed by atoms with Crippen LogP contribution in [0, 0.1) is 0 Å².